The molecule has 0 spiro atoms. The molecule has 0 saturated carbocycles. The lowest BCUT2D eigenvalue weighted by Crippen LogP contribution is -2.32. The second-order valence-electron chi connectivity index (χ2n) is 6.30. The van der Waals surface area contributed by atoms with Gasteiger partial charge in [-0.3, -0.25) is 0 Å². The zero-order chi connectivity index (χ0) is 16.1. The SMILES string of the molecule is CC1CCN(c2ccc(C=C(C#N)c3ccccc3)cc2)CC1. The molecule has 23 heavy (non-hydrogen) atoms. The van der Waals surface area contributed by atoms with E-state index in [1.807, 2.05) is 36.4 Å². The van der Waals surface area contributed by atoms with Gasteiger partial charge in [0, 0.05) is 18.8 Å². The Balaban J connectivity index is 1.77. The summed E-state index contributed by atoms with van der Waals surface area (Å²) in [6.45, 7) is 4.62. The van der Waals surface area contributed by atoms with Crippen molar-refractivity contribution in [2.45, 2.75) is 19.8 Å². The molecule has 1 aliphatic heterocycles. The second kappa shape index (κ2) is 7.15. The van der Waals surface area contributed by atoms with Gasteiger partial charge in [0.15, 0.2) is 0 Å². The smallest absolute Gasteiger partial charge is 0.0998 e. The van der Waals surface area contributed by atoms with Crippen molar-refractivity contribution in [3.05, 3.63) is 65.7 Å². The van der Waals surface area contributed by atoms with Crippen LogP contribution < -0.4 is 4.90 Å². The maximum Gasteiger partial charge on any atom is 0.0998 e. The molecule has 116 valence electrons. The van der Waals surface area contributed by atoms with Gasteiger partial charge in [-0.05, 0) is 48.1 Å². The molecule has 0 N–H and O–H groups in total. The first kappa shape index (κ1) is 15.4. The zero-order valence-electron chi connectivity index (χ0n) is 13.6. The Labute approximate surface area is 138 Å². The van der Waals surface area contributed by atoms with Crippen molar-refractivity contribution in [1.82, 2.24) is 0 Å². The molecule has 1 saturated heterocycles. The molecule has 1 aliphatic rings. The summed E-state index contributed by atoms with van der Waals surface area (Å²) in [5.74, 6) is 0.845. The number of hydrogen-bond acceptors (Lipinski definition) is 2. The molecule has 2 heteroatoms. The Morgan fingerprint density at radius 3 is 2.30 bits per heavy atom. The van der Waals surface area contributed by atoms with E-state index in [4.69, 9.17) is 0 Å². The lowest BCUT2D eigenvalue weighted by Gasteiger charge is -2.32. The molecule has 0 aliphatic carbocycles. The van der Waals surface area contributed by atoms with Crippen molar-refractivity contribution < 1.29 is 0 Å². The van der Waals surface area contributed by atoms with Crippen LogP contribution in [0.5, 0.6) is 0 Å². The minimum atomic E-state index is 0.699. The summed E-state index contributed by atoms with van der Waals surface area (Å²) in [7, 11) is 0. The minimum absolute atomic E-state index is 0.699. The van der Waals surface area contributed by atoms with E-state index in [1.165, 1.54) is 18.5 Å². The van der Waals surface area contributed by atoms with Gasteiger partial charge in [-0.15, -0.1) is 0 Å². The van der Waals surface area contributed by atoms with Gasteiger partial charge in [0.2, 0.25) is 0 Å². The van der Waals surface area contributed by atoms with Crippen LogP contribution in [0.15, 0.2) is 54.6 Å². The Kier molecular flexibility index (Phi) is 4.78. The van der Waals surface area contributed by atoms with E-state index in [2.05, 4.69) is 42.2 Å². The molecule has 2 aromatic rings. The fraction of sp³-hybridized carbons (Fsp3) is 0.286. The van der Waals surface area contributed by atoms with Crippen LogP contribution in [-0.4, -0.2) is 13.1 Å². The summed E-state index contributed by atoms with van der Waals surface area (Å²) < 4.78 is 0. The van der Waals surface area contributed by atoms with Gasteiger partial charge in [-0.2, -0.15) is 5.26 Å². The fourth-order valence-corrected chi connectivity index (χ4v) is 3.01. The van der Waals surface area contributed by atoms with Gasteiger partial charge in [-0.1, -0.05) is 49.4 Å². The molecule has 1 fully saturated rings. The number of benzene rings is 2. The van der Waals surface area contributed by atoms with Crippen molar-refractivity contribution in [2.24, 2.45) is 5.92 Å². The first-order valence-electron chi connectivity index (χ1n) is 8.28. The number of piperidine rings is 1. The Morgan fingerprint density at radius 2 is 1.70 bits per heavy atom. The highest BCUT2D eigenvalue weighted by Crippen LogP contribution is 2.24. The van der Waals surface area contributed by atoms with Crippen LogP contribution in [0.1, 0.15) is 30.9 Å². The van der Waals surface area contributed by atoms with Gasteiger partial charge < -0.3 is 4.90 Å². The Hall–Kier alpha value is -2.53. The van der Waals surface area contributed by atoms with Crippen LogP contribution >= 0.6 is 0 Å². The molecule has 0 radical (unpaired) electrons. The van der Waals surface area contributed by atoms with Crippen molar-refractivity contribution in [3.8, 4) is 6.07 Å². The number of nitrogens with zero attached hydrogens (tertiary/aromatic N) is 2. The van der Waals surface area contributed by atoms with Crippen molar-refractivity contribution in [3.63, 3.8) is 0 Å². The van der Waals surface area contributed by atoms with Gasteiger partial charge in [0.05, 0.1) is 11.6 Å². The van der Waals surface area contributed by atoms with Crippen molar-refractivity contribution in [1.29, 1.82) is 5.26 Å². The summed E-state index contributed by atoms with van der Waals surface area (Å²) in [6.07, 6.45) is 4.50. The van der Waals surface area contributed by atoms with E-state index >= 15 is 0 Å². The zero-order valence-corrected chi connectivity index (χ0v) is 13.6. The van der Waals surface area contributed by atoms with Gasteiger partial charge in [0.1, 0.15) is 0 Å². The van der Waals surface area contributed by atoms with Crippen LogP contribution in [0.3, 0.4) is 0 Å². The summed E-state index contributed by atoms with van der Waals surface area (Å²) >= 11 is 0. The standard InChI is InChI=1S/C21H22N2/c1-17-11-13-23(14-12-17)21-9-7-18(8-10-21)15-20(16-22)19-5-3-2-4-6-19/h2-10,15,17H,11-14H2,1H3. The predicted octanol–water partition coefficient (Wildman–Crippen LogP) is 4.99. The fourth-order valence-electron chi connectivity index (χ4n) is 3.01. The molecule has 1 heterocycles. The van der Waals surface area contributed by atoms with Crippen LogP contribution in [0.25, 0.3) is 11.6 Å². The lowest BCUT2D eigenvalue weighted by molar-refractivity contribution is 0.438. The minimum Gasteiger partial charge on any atom is -0.372 e. The maximum atomic E-state index is 9.40. The average molecular weight is 302 g/mol. The van der Waals surface area contributed by atoms with Crippen LogP contribution in [0.2, 0.25) is 0 Å². The van der Waals surface area contributed by atoms with E-state index in [-0.39, 0.29) is 0 Å². The number of allylic oxidation sites excluding steroid dienone is 1. The highest BCUT2D eigenvalue weighted by molar-refractivity contribution is 5.89. The highest BCUT2D eigenvalue weighted by atomic mass is 15.1. The molecule has 3 rings (SSSR count). The van der Waals surface area contributed by atoms with E-state index in [1.54, 1.807) is 0 Å². The highest BCUT2D eigenvalue weighted by Gasteiger charge is 2.15. The van der Waals surface area contributed by atoms with Crippen molar-refractivity contribution >= 4 is 17.3 Å². The lowest BCUT2D eigenvalue weighted by atomic mass is 9.98. The molecule has 0 bridgehead atoms. The van der Waals surface area contributed by atoms with Crippen molar-refractivity contribution in [2.75, 3.05) is 18.0 Å². The number of hydrogen-bond donors (Lipinski definition) is 0. The van der Waals surface area contributed by atoms with Crippen LogP contribution in [0, 0.1) is 17.2 Å². The van der Waals surface area contributed by atoms with Crippen LogP contribution in [0.4, 0.5) is 5.69 Å². The molecule has 2 aromatic carbocycles. The summed E-state index contributed by atoms with van der Waals surface area (Å²) in [6, 6.07) is 20.7. The molecular weight excluding hydrogens is 280 g/mol. The third kappa shape index (κ3) is 3.81. The van der Waals surface area contributed by atoms with Gasteiger partial charge in [0.25, 0.3) is 0 Å². The Bertz CT molecular complexity index is 700. The molecule has 2 nitrogen and oxygen atoms in total. The quantitative estimate of drug-likeness (QED) is 0.590. The maximum absolute atomic E-state index is 9.40. The molecular formula is C21H22N2. The monoisotopic (exact) mass is 302 g/mol. The topological polar surface area (TPSA) is 27.0 Å². The number of nitriles is 1. The first-order valence-corrected chi connectivity index (χ1v) is 8.28. The Morgan fingerprint density at radius 1 is 1.04 bits per heavy atom. The first-order chi connectivity index (χ1) is 11.3. The van der Waals surface area contributed by atoms with Gasteiger partial charge in [-0.25, -0.2) is 0 Å². The van der Waals surface area contributed by atoms with E-state index in [0.717, 1.165) is 30.1 Å². The molecule has 0 amide bonds. The van der Waals surface area contributed by atoms with E-state index in [0.29, 0.717) is 5.57 Å². The normalized spacial score (nSPS) is 16.2. The van der Waals surface area contributed by atoms with Crippen LogP contribution in [-0.2, 0) is 0 Å². The number of rotatable bonds is 3. The summed E-state index contributed by atoms with van der Waals surface area (Å²) in [5.41, 5.74) is 4.01. The largest absolute Gasteiger partial charge is 0.372 e. The number of anilines is 1. The second-order valence-corrected chi connectivity index (χ2v) is 6.30. The summed E-state index contributed by atoms with van der Waals surface area (Å²) in [5, 5.41) is 9.40. The third-order valence-electron chi connectivity index (χ3n) is 4.56. The molecule has 0 atom stereocenters. The predicted molar refractivity (Wildman–Crippen MR) is 97.0 cm³/mol. The molecule has 0 aromatic heterocycles. The van der Waals surface area contributed by atoms with Gasteiger partial charge >= 0.3 is 0 Å². The average Bonchev–Trinajstić information content (AvgIpc) is 2.62. The van der Waals surface area contributed by atoms with E-state index in [9.17, 15) is 5.26 Å². The molecule has 0 unspecified atom stereocenters. The third-order valence-corrected chi connectivity index (χ3v) is 4.56. The summed E-state index contributed by atoms with van der Waals surface area (Å²) in [4.78, 5) is 2.45. The van der Waals surface area contributed by atoms with E-state index < -0.39 is 0 Å².